The average Bonchev–Trinajstić information content (AvgIpc) is 3.57. The van der Waals surface area contributed by atoms with E-state index in [0.29, 0.717) is 0 Å². The zero-order valence-corrected chi connectivity index (χ0v) is 26.2. The predicted octanol–water partition coefficient (Wildman–Crippen LogP) is 8.21. The zero-order valence-electron chi connectivity index (χ0n) is 23.8. The molecule has 5 aromatic rings. The van der Waals surface area contributed by atoms with Crippen LogP contribution in [0.15, 0.2) is 132 Å². The number of rotatable bonds is 4. The minimum absolute atomic E-state index is 0. The molecule has 1 aliphatic rings. The number of aryl methyl sites for hydroxylation is 2. The molecule has 1 aliphatic heterocycles. The van der Waals surface area contributed by atoms with Crippen LogP contribution in [0.3, 0.4) is 0 Å². The quantitative estimate of drug-likeness (QED) is 0.150. The number of phenolic OH excluding ortho intramolecular Hbond substituents is 1. The second-order valence-corrected chi connectivity index (χ2v) is 9.29. The van der Waals surface area contributed by atoms with E-state index in [1.54, 1.807) is 30.7 Å². The first-order valence-electron chi connectivity index (χ1n) is 13.3. The van der Waals surface area contributed by atoms with Crippen LogP contribution in [0.2, 0.25) is 0 Å². The molecular weight excluding hydrogens is 697 g/mol. The van der Waals surface area contributed by atoms with Crippen molar-refractivity contribution in [3.05, 3.63) is 145 Å². The van der Waals surface area contributed by atoms with Crippen LogP contribution in [-0.4, -0.2) is 33.0 Å². The Balaban J connectivity index is 0.000000175. The van der Waals surface area contributed by atoms with E-state index in [0.717, 1.165) is 45.0 Å². The number of aliphatic imine (C=N–C) groups is 2. The molecule has 42 heavy (non-hydrogen) atoms. The number of nitrogens with zero attached hydrogens (tertiary/aromatic N) is 4. The van der Waals surface area contributed by atoms with Gasteiger partial charge in [0.1, 0.15) is 11.8 Å². The van der Waals surface area contributed by atoms with E-state index < -0.39 is 0 Å². The summed E-state index contributed by atoms with van der Waals surface area (Å²) in [6.45, 7) is 5.88. The van der Waals surface area contributed by atoms with Gasteiger partial charge in [0.25, 0.3) is 0 Å². The molecule has 2 aromatic heterocycles. The maximum atomic E-state index is 9.48. The van der Waals surface area contributed by atoms with E-state index in [1.807, 2.05) is 118 Å². The Morgan fingerprint density at radius 2 is 1.29 bits per heavy atom. The van der Waals surface area contributed by atoms with Gasteiger partial charge in [-0.3, -0.25) is 9.98 Å². The van der Waals surface area contributed by atoms with Crippen LogP contribution in [0, 0.1) is 26.0 Å². The first-order valence-corrected chi connectivity index (χ1v) is 13.3. The SMILES string of the molecule is CC(=Nc1c(C)cc(O)cc1C)C1C=CC=N1.[Ir].[c-]1ccccc1-c1ccccn1.[c-]1ccccc1-c1ccccn1. The van der Waals surface area contributed by atoms with Gasteiger partial charge < -0.3 is 15.1 Å². The monoisotopic (exact) mass is 729 g/mol. The third-order valence-electron chi connectivity index (χ3n) is 6.12. The van der Waals surface area contributed by atoms with Crippen LogP contribution < -0.4 is 0 Å². The molecule has 3 heterocycles. The van der Waals surface area contributed by atoms with Gasteiger partial charge in [-0.25, -0.2) is 0 Å². The van der Waals surface area contributed by atoms with Gasteiger partial charge in [0, 0.05) is 44.4 Å². The summed E-state index contributed by atoms with van der Waals surface area (Å²) in [5.74, 6) is 0.287. The van der Waals surface area contributed by atoms with E-state index in [1.165, 1.54) is 0 Å². The normalized spacial score (nSPS) is 13.2. The molecule has 0 amide bonds. The molecule has 1 N–H and O–H groups in total. The Morgan fingerprint density at radius 3 is 1.69 bits per heavy atom. The number of allylic oxidation sites excluding steroid dienone is 1. The third kappa shape index (κ3) is 9.55. The molecule has 0 saturated carbocycles. The second-order valence-electron chi connectivity index (χ2n) is 9.29. The van der Waals surface area contributed by atoms with E-state index >= 15 is 0 Å². The topological polar surface area (TPSA) is 70.7 Å². The fourth-order valence-corrected chi connectivity index (χ4v) is 4.10. The van der Waals surface area contributed by atoms with Crippen LogP contribution in [0.1, 0.15) is 18.1 Å². The Kier molecular flexibility index (Phi) is 12.7. The Morgan fingerprint density at radius 1 is 0.762 bits per heavy atom. The summed E-state index contributed by atoms with van der Waals surface area (Å²) in [6, 6.07) is 37.2. The molecule has 1 radical (unpaired) electrons. The van der Waals surface area contributed by atoms with E-state index in [2.05, 4.69) is 32.1 Å². The maximum Gasteiger partial charge on any atom is 0.116 e. The molecule has 5 nitrogen and oxygen atoms in total. The van der Waals surface area contributed by atoms with Gasteiger partial charge in [-0.05, 0) is 73.6 Å². The predicted molar refractivity (Wildman–Crippen MR) is 169 cm³/mol. The van der Waals surface area contributed by atoms with Crippen molar-refractivity contribution in [3.8, 4) is 28.3 Å². The molecular formula is C36H32IrN4O-2. The minimum Gasteiger partial charge on any atom is -0.508 e. The van der Waals surface area contributed by atoms with Crippen molar-refractivity contribution in [3.63, 3.8) is 0 Å². The number of hydrogen-bond donors (Lipinski definition) is 1. The first kappa shape index (κ1) is 32.0. The standard InChI is InChI=1S/C14H16N2O.2C11H8N.Ir/c1-9-7-12(17)8-10(2)14(9)16-11(3)13-5-4-6-15-13;2*1-2-6-10(7-3-1)11-8-4-5-9-12-11;/h4-8,13,17H,1-3H3;2*1-6,8-9H;/q;2*-1;. The largest absolute Gasteiger partial charge is 0.508 e. The minimum atomic E-state index is 0. The zero-order chi connectivity index (χ0) is 28.9. The van der Waals surface area contributed by atoms with Crippen molar-refractivity contribution in [1.82, 2.24) is 9.97 Å². The number of pyridine rings is 2. The first-order chi connectivity index (χ1) is 20.0. The summed E-state index contributed by atoms with van der Waals surface area (Å²) in [5, 5.41) is 9.48. The van der Waals surface area contributed by atoms with E-state index in [4.69, 9.17) is 0 Å². The molecule has 6 heteroatoms. The number of aromatic nitrogens is 2. The van der Waals surface area contributed by atoms with Crippen molar-refractivity contribution in [2.45, 2.75) is 26.8 Å². The van der Waals surface area contributed by atoms with Crippen molar-refractivity contribution in [2.75, 3.05) is 0 Å². The number of aromatic hydroxyl groups is 1. The van der Waals surface area contributed by atoms with Crippen LogP contribution in [0.4, 0.5) is 5.69 Å². The molecule has 3 aromatic carbocycles. The Bertz CT molecular complexity index is 1420. The number of phenols is 1. The van der Waals surface area contributed by atoms with Gasteiger partial charge in [-0.15, -0.1) is 71.8 Å². The van der Waals surface area contributed by atoms with E-state index in [-0.39, 0.29) is 31.9 Å². The molecule has 1 unspecified atom stereocenters. The van der Waals surface area contributed by atoms with Crippen molar-refractivity contribution in [2.24, 2.45) is 9.98 Å². The number of benzene rings is 3. The molecule has 6 rings (SSSR count). The summed E-state index contributed by atoms with van der Waals surface area (Å²) < 4.78 is 0. The molecule has 213 valence electrons. The Hall–Kier alpha value is -4.51. The van der Waals surface area contributed by atoms with Gasteiger partial charge in [0.2, 0.25) is 0 Å². The molecule has 1 atom stereocenters. The third-order valence-corrected chi connectivity index (χ3v) is 6.12. The van der Waals surface area contributed by atoms with Crippen LogP contribution in [0.25, 0.3) is 22.5 Å². The summed E-state index contributed by atoms with van der Waals surface area (Å²) in [4.78, 5) is 17.3. The second kappa shape index (κ2) is 16.7. The summed E-state index contributed by atoms with van der Waals surface area (Å²) in [7, 11) is 0. The van der Waals surface area contributed by atoms with Crippen LogP contribution in [-0.2, 0) is 20.1 Å². The smallest absolute Gasteiger partial charge is 0.116 e. The summed E-state index contributed by atoms with van der Waals surface area (Å²) in [5.41, 5.74) is 7.87. The molecule has 0 fully saturated rings. The van der Waals surface area contributed by atoms with Crippen molar-refractivity contribution in [1.29, 1.82) is 0 Å². The number of hydrogen-bond acceptors (Lipinski definition) is 5. The molecule has 0 spiro atoms. The van der Waals surface area contributed by atoms with Crippen LogP contribution in [0.5, 0.6) is 5.75 Å². The average molecular weight is 729 g/mol. The molecule has 0 aliphatic carbocycles. The van der Waals surface area contributed by atoms with E-state index in [9.17, 15) is 5.11 Å². The fourth-order valence-electron chi connectivity index (χ4n) is 4.10. The van der Waals surface area contributed by atoms with Crippen molar-refractivity contribution < 1.29 is 25.2 Å². The Labute approximate surface area is 261 Å². The summed E-state index contributed by atoms with van der Waals surface area (Å²) in [6.07, 6.45) is 9.32. The maximum absolute atomic E-state index is 9.48. The summed E-state index contributed by atoms with van der Waals surface area (Å²) >= 11 is 0. The fraction of sp³-hybridized carbons (Fsp3) is 0.111. The van der Waals surface area contributed by atoms with Crippen molar-refractivity contribution >= 4 is 17.6 Å². The van der Waals surface area contributed by atoms with Gasteiger partial charge >= 0.3 is 0 Å². The van der Waals surface area contributed by atoms with Gasteiger partial charge in [-0.1, -0.05) is 30.3 Å². The van der Waals surface area contributed by atoms with Gasteiger partial charge in [0.05, 0.1) is 5.69 Å². The molecule has 0 saturated heterocycles. The van der Waals surface area contributed by atoms with Gasteiger partial charge in [0.15, 0.2) is 0 Å². The molecule has 0 bridgehead atoms. The van der Waals surface area contributed by atoms with Crippen LogP contribution >= 0.6 is 0 Å². The van der Waals surface area contributed by atoms with Gasteiger partial charge in [-0.2, -0.15) is 0 Å².